The van der Waals surface area contributed by atoms with Gasteiger partial charge in [-0.25, -0.2) is 13.1 Å². The maximum absolute atomic E-state index is 12.5. The third kappa shape index (κ3) is 4.93. The molecule has 0 amide bonds. The van der Waals surface area contributed by atoms with Gasteiger partial charge in [0.25, 0.3) is 0 Å². The van der Waals surface area contributed by atoms with Crippen LogP contribution in [-0.4, -0.2) is 49.9 Å². The van der Waals surface area contributed by atoms with Crippen LogP contribution < -0.4 is 24.8 Å². The number of pyridine rings is 1. The number of hydrogen-bond donors (Lipinski definition) is 3. The molecule has 1 aliphatic heterocycles. The first kappa shape index (κ1) is 19.9. The van der Waals surface area contributed by atoms with Crippen molar-refractivity contribution in [3.8, 4) is 11.5 Å². The van der Waals surface area contributed by atoms with E-state index in [2.05, 4.69) is 30.5 Å². The zero-order valence-corrected chi connectivity index (χ0v) is 16.7. The molecule has 0 saturated heterocycles. The van der Waals surface area contributed by atoms with Crippen LogP contribution in [0.1, 0.15) is 0 Å². The maximum Gasteiger partial charge on any atom is 0.240 e. The van der Waals surface area contributed by atoms with Crippen molar-refractivity contribution in [1.29, 1.82) is 0 Å². The van der Waals surface area contributed by atoms with Crippen LogP contribution in [0.5, 0.6) is 11.5 Å². The number of anilines is 3. The summed E-state index contributed by atoms with van der Waals surface area (Å²) in [4.78, 5) is 4.08. The van der Waals surface area contributed by atoms with Crippen LogP contribution in [0.2, 0.25) is 0 Å². The van der Waals surface area contributed by atoms with Crippen molar-refractivity contribution < 1.29 is 17.9 Å². The summed E-state index contributed by atoms with van der Waals surface area (Å²) in [5.74, 6) is 2.10. The van der Waals surface area contributed by atoms with E-state index in [0.29, 0.717) is 42.9 Å². The molecule has 3 N–H and O–H groups in total. The summed E-state index contributed by atoms with van der Waals surface area (Å²) >= 11 is 0. The van der Waals surface area contributed by atoms with Gasteiger partial charge in [-0.05, 0) is 36.4 Å². The first-order valence-electron chi connectivity index (χ1n) is 9.24. The highest BCUT2D eigenvalue weighted by atomic mass is 32.2. The fraction of sp³-hybridized carbons (Fsp3) is 0.211. The Morgan fingerprint density at radius 1 is 0.867 bits per heavy atom. The zero-order chi connectivity index (χ0) is 20.8. The molecule has 3 aromatic rings. The molecule has 0 unspecified atom stereocenters. The van der Waals surface area contributed by atoms with E-state index in [1.165, 1.54) is 12.1 Å². The molecule has 1 aromatic carbocycles. The van der Waals surface area contributed by atoms with Gasteiger partial charge in [-0.2, -0.15) is 0 Å². The molecule has 3 heterocycles. The second-order valence-electron chi connectivity index (χ2n) is 6.29. The highest BCUT2D eigenvalue weighted by Crippen LogP contribution is 2.32. The number of benzene rings is 1. The lowest BCUT2D eigenvalue weighted by Gasteiger charge is -2.19. The Labute approximate surface area is 173 Å². The average Bonchev–Trinajstić information content (AvgIpc) is 2.78. The van der Waals surface area contributed by atoms with Crippen LogP contribution in [0.25, 0.3) is 0 Å². The monoisotopic (exact) mass is 428 g/mol. The van der Waals surface area contributed by atoms with E-state index in [-0.39, 0.29) is 11.4 Å². The summed E-state index contributed by atoms with van der Waals surface area (Å²) in [6, 6.07) is 11.7. The number of ether oxygens (including phenoxy) is 2. The molecular formula is C19H20N6O4S. The van der Waals surface area contributed by atoms with Gasteiger partial charge in [0, 0.05) is 37.2 Å². The zero-order valence-electron chi connectivity index (χ0n) is 15.9. The molecule has 2 aromatic heterocycles. The highest BCUT2D eigenvalue weighted by Gasteiger charge is 2.18. The first-order chi connectivity index (χ1) is 14.6. The predicted molar refractivity (Wildman–Crippen MR) is 111 cm³/mol. The number of nitrogens with one attached hydrogen (secondary N) is 3. The van der Waals surface area contributed by atoms with Crippen LogP contribution in [0.15, 0.2) is 59.8 Å². The van der Waals surface area contributed by atoms with Crippen LogP contribution in [-0.2, 0) is 10.0 Å². The standard InChI is InChI=1S/C19H20N6O4S/c26-30(27,15-1-2-16-17(13-15)29-12-11-28-16)22-10-9-21-18-3-4-19(25-24-18)23-14-5-7-20-8-6-14/h1-8,13,22H,9-12H2,(H,21,24)(H,20,23,25). The molecule has 4 rings (SSSR count). The van der Waals surface area contributed by atoms with E-state index in [0.717, 1.165) is 5.69 Å². The van der Waals surface area contributed by atoms with Gasteiger partial charge in [-0.15, -0.1) is 10.2 Å². The molecule has 0 fully saturated rings. The molecule has 11 heteroatoms. The molecule has 0 spiro atoms. The van der Waals surface area contributed by atoms with E-state index in [4.69, 9.17) is 9.47 Å². The molecule has 0 aliphatic carbocycles. The molecular weight excluding hydrogens is 408 g/mol. The van der Waals surface area contributed by atoms with Crippen molar-refractivity contribution in [3.05, 3.63) is 54.9 Å². The topological polar surface area (TPSA) is 127 Å². The minimum absolute atomic E-state index is 0.123. The van der Waals surface area contributed by atoms with E-state index in [1.807, 2.05) is 12.1 Å². The van der Waals surface area contributed by atoms with Gasteiger partial charge in [0.1, 0.15) is 19.0 Å². The van der Waals surface area contributed by atoms with E-state index < -0.39 is 10.0 Å². The van der Waals surface area contributed by atoms with Crippen molar-refractivity contribution in [2.75, 3.05) is 36.9 Å². The van der Waals surface area contributed by atoms with E-state index in [1.54, 1.807) is 30.6 Å². The lowest BCUT2D eigenvalue weighted by atomic mass is 10.3. The smallest absolute Gasteiger partial charge is 0.240 e. The second kappa shape index (κ2) is 8.93. The van der Waals surface area contributed by atoms with Gasteiger partial charge in [0.05, 0.1) is 4.90 Å². The van der Waals surface area contributed by atoms with Crippen LogP contribution >= 0.6 is 0 Å². The quantitative estimate of drug-likeness (QED) is 0.460. The Morgan fingerprint density at radius 2 is 1.60 bits per heavy atom. The van der Waals surface area contributed by atoms with E-state index in [9.17, 15) is 8.42 Å². The second-order valence-corrected chi connectivity index (χ2v) is 8.06. The third-order valence-electron chi connectivity index (χ3n) is 4.16. The molecule has 1 aliphatic rings. The minimum atomic E-state index is -3.67. The Kier molecular flexibility index (Phi) is 5.91. The fourth-order valence-electron chi connectivity index (χ4n) is 2.73. The van der Waals surface area contributed by atoms with Gasteiger partial charge in [0.15, 0.2) is 17.3 Å². The SMILES string of the molecule is O=S(=O)(NCCNc1ccc(Nc2ccncc2)nn1)c1ccc2c(c1)OCCO2. The average molecular weight is 428 g/mol. The molecule has 156 valence electrons. The Bertz CT molecular complexity index is 1090. The first-order valence-corrected chi connectivity index (χ1v) is 10.7. The number of hydrogen-bond acceptors (Lipinski definition) is 9. The largest absolute Gasteiger partial charge is 0.486 e. The Hall–Kier alpha value is -3.44. The third-order valence-corrected chi connectivity index (χ3v) is 5.62. The predicted octanol–water partition coefficient (Wildman–Crippen LogP) is 1.78. The lowest BCUT2D eigenvalue weighted by Crippen LogP contribution is -2.29. The van der Waals surface area contributed by atoms with Crippen LogP contribution in [0.3, 0.4) is 0 Å². The van der Waals surface area contributed by atoms with Crippen LogP contribution in [0, 0.1) is 0 Å². The summed E-state index contributed by atoms with van der Waals surface area (Å²) < 4.78 is 38.3. The lowest BCUT2D eigenvalue weighted by molar-refractivity contribution is 0.171. The minimum Gasteiger partial charge on any atom is -0.486 e. The Morgan fingerprint density at radius 3 is 2.37 bits per heavy atom. The molecule has 10 nitrogen and oxygen atoms in total. The van der Waals surface area contributed by atoms with Gasteiger partial charge in [0.2, 0.25) is 10.0 Å². The summed E-state index contributed by atoms with van der Waals surface area (Å²) in [5.41, 5.74) is 0.855. The number of nitrogens with zero attached hydrogens (tertiary/aromatic N) is 3. The molecule has 0 saturated carbocycles. The molecule has 0 atom stereocenters. The van der Waals surface area contributed by atoms with Crippen molar-refractivity contribution in [2.24, 2.45) is 0 Å². The van der Waals surface area contributed by atoms with Gasteiger partial charge in [-0.3, -0.25) is 4.98 Å². The van der Waals surface area contributed by atoms with E-state index >= 15 is 0 Å². The number of sulfonamides is 1. The summed E-state index contributed by atoms with van der Waals surface area (Å²) in [6.45, 7) is 1.36. The van der Waals surface area contributed by atoms with Gasteiger partial charge >= 0.3 is 0 Å². The summed E-state index contributed by atoms with van der Waals surface area (Å²) in [6.07, 6.45) is 3.36. The van der Waals surface area contributed by atoms with Crippen molar-refractivity contribution in [3.63, 3.8) is 0 Å². The summed E-state index contributed by atoms with van der Waals surface area (Å²) in [5, 5.41) is 14.3. The van der Waals surface area contributed by atoms with Gasteiger partial charge < -0.3 is 20.1 Å². The Balaban J connectivity index is 1.27. The number of rotatable bonds is 8. The van der Waals surface area contributed by atoms with Crippen molar-refractivity contribution in [2.45, 2.75) is 4.90 Å². The molecule has 30 heavy (non-hydrogen) atoms. The van der Waals surface area contributed by atoms with Crippen molar-refractivity contribution >= 4 is 27.3 Å². The molecule has 0 radical (unpaired) electrons. The fourth-order valence-corrected chi connectivity index (χ4v) is 3.77. The molecule has 0 bridgehead atoms. The number of fused-ring (bicyclic) bond motifs is 1. The highest BCUT2D eigenvalue weighted by molar-refractivity contribution is 7.89. The maximum atomic E-state index is 12.5. The summed E-state index contributed by atoms with van der Waals surface area (Å²) in [7, 11) is -3.67. The van der Waals surface area contributed by atoms with Gasteiger partial charge in [-0.1, -0.05) is 0 Å². The number of aromatic nitrogens is 3. The van der Waals surface area contributed by atoms with Crippen molar-refractivity contribution in [1.82, 2.24) is 19.9 Å². The normalized spacial score (nSPS) is 12.9. The van der Waals surface area contributed by atoms with Crippen LogP contribution in [0.4, 0.5) is 17.3 Å².